The van der Waals surface area contributed by atoms with Gasteiger partial charge in [-0.15, -0.1) is 5.53 Å². The molecule has 6 heteroatoms. The van der Waals surface area contributed by atoms with Crippen LogP contribution in [-0.4, -0.2) is 30.6 Å². The van der Waals surface area contributed by atoms with Gasteiger partial charge in [-0.1, -0.05) is 56.3 Å². The Hall–Kier alpha value is -2.83. The molecule has 0 saturated carbocycles. The summed E-state index contributed by atoms with van der Waals surface area (Å²) in [6.45, 7) is 5.41. The molecule has 0 radical (unpaired) electrons. The molecule has 0 unspecified atom stereocenters. The van der Waals surface area contributed by atoms with Gasteiger partial charge < -0.3 is 15.6 Å². The number of para-hydroxylation sites is 1. The van der Waals surface area contributed by atoms with Gasteiger partial charge in [-0.05, 0) is 11.6 Å². The van der Waals surface area contributed by atoms with Crippen molar-refractivity contribution in [1.29, 1.82) is 0 Å². The number of hydrogen-bond donors (Lipinski definition) is 3. The molecular weight excluding hydrogens is 350 g/mol. The summed E-state index contributed by atoms with van der Waals surface area (Å²) in [5.74, 6) is 0.126. The summed E-state index contributed by atoms with van der Waals surface area (Å²) in [4.78, 5) is 15.1. The van der Waals surface area contributed by atoms with Crippen molar-refractivity contribution in [2.75, 3.05) is 18.5 Å². The molecule has 1 amide bonds. The molecule has 0 atom stereocenters. The number of amides is 1. The number of nitrogens with zero attached hydrogens (tertiary/aromatic N) is 2. The van der Waals surface area contributed by atoms with Crippen molar-refractivity contribution in [3.63, 3.8) is 0 Å². The Bertz CT molecular complexity index is 921. The van der Waals surface area contributed by atoms with Crippen LogP contribution in [0.1, 0.15) is 37.0 Å². The van der Waals surface area contributed by atoms with Crippen LogP contribution in [0.25, 0.3) is 11.4 Å². The number of hydrogen-bond acceptors (Lipinski definition) is 5. The monoisotopic (exact) mass is 377 g/mol. The molecule has 2 aromatic carbocycles. The number of carbonyl (C=O) groups is 1. The Balaban J connectivity index is 1.81. The normalized spacial score (nSPS) is 15.6. The minimum atomic E-state index is 0.126. The van der Waals surface area contributed by atoms with Crippen LogP contribution < -0.4 is 21.2 Å². The molecule has 2 aliphatic rings. The van der Waals surface area contributed by atoms with E-state index in [1.54, 1.807) is 0 Å². The minimum absolute atomic E-state index is 0.126. The smallest absolute Gasteiger partial charge is 0.228 e. The second kappa shape index (κ2) is 7.66. The van der Waals surface area contributed by atoms with Crippen molar-refractivity contribution in [3.05, 3.63) is 65.2 Å². The van der Waals surface area contributed by atoms with E-state index in [0.29, 0.717) is 25.6 Å². The van der Waals surface area contributed by atoms with E-state index in [4.69, 9.17) is 0 Å². The highest BCUT2D eigenvalue weighted by atomic mass is 16.2. The SMILES string of the molecule is CC(C)NCCC(=O)N1Cc2ccccc2C2=C(c3ccccc31)N(C)NN2. The molecule has 6 nitrogen and oxygen atoms in total. The van der Waals surface area contributed by atoms with Crippen LogP contribution in [0.15, 0.2) is 48.5 Å². The molecule has 0 saturated heterocycles. The maximum absolute atomic E-state index is 13.2. The number of benzene rings is 2. The second-order valence-electron chi connectivity index (χ2n) is 7.53. The molecule has 4 rings (SSSR count). The van der Waals surface area contributed by atoms with Crippen molar-refractivity contribution in [2.45, 2.75) is 32.9 Å². The Morgan fingerprint density at radius 1 is 1.11 bits per heavy atom. The highest BCUT2D eigenvalue weighted by Crippen LogP contribution is 2.39. The van der Waals surface area contributed by atoms with Crippen LogP contribution >= 0.6 is 0 Å². The summed E-state index contributed by atoms with van der Waals surface area (Å²) in [6, 6.07) is 16.8. The highest BCUT2D eigenvalue weighted by molar-refractivity contribution is 6.01. The molecule has 146 valence electrons. The van der Waals surface area contributed by atoms with E-state index in [0.717, 1.165) is 33.8 Å². The van der Waals surface area contributed by atoms with Gasteiger partial charge in [-0.2, -0.15) is 0 Å². The van der Waals surface area contributed by atoms with Gasteiger partial charge in [-0.3, -0.25) is 9.80 Å². The Morgan fingerprint density at radius 2 is 1.82 bits per heavy atom. The first-order valence-corrected chi connectivity index (χ1v) is 9.77. The minimum Gasteiger partial charge on any atom is -0.314 e. The van der Waals surface area contributed by atoms with Gasteiger partial charge in [0.25, 0.3) is 0 Å². The summed E-state index contributed by atoms with van der Waals surface area (Å²) in [6.07, 6.45) is 0.465. The molecule has 0 fully saturated rings. The highest BCUT2D eigenvalue weighted by Gasteiger charge is 2.31. The molecule has 28 heavy (non-hydrogen) atoms. The number of rotatable bonds is 4. The van der Waals surface area contributed by atoms with Gasteiger partial charge in [0.15, 0.2) is 0 Å². The van der Waals surface area contributed by atoms with Crippen molar-refractivity contribution < 1.29 is 4.79 Å². The van der Waals surface area contributed by atoms with E-state index in [-0.39, 0.29) is 5.91 Å². The number of hydrazine groups is 2. The van der Waals surface area contributed by atoms with Gasteiger partial charge in [0.05, 0.1) is 23.6 Å². The lowest BCUT2D eigenvalue weighted by molar-refractivity contribution is -0.118. The molecule has 2 heterocycles. The van der Waals surface area contributed by atoms with E-state index < -0.39 is 0 Å². The zero-order chi connectivity index (χ0) is 19.7. The third kappa shape index (κ3) is 3.37. The lowest BCUT2D eigenvalue weighted by Crippen LogP contribution is -2.36. The summed E-state index contributed by atoms with van der Waals surface area (Å²) >= 11 is 0. The standard InChI is InChI=1S/C22H27N5O/c1-15(2)23-13-12-20(28)27-14-16-8-4-5-9-17(16)21-22(26(3)25-24-21)18-10-6-7-11-19(18)27/h4-11,15,23-25H,12-14H2,1-3H3. The summed E-state index contributed by atoms with van der Waals surface area (Å²) in [5, 5.41) is 5.32. The van der Waals surface area contributed by atoms with Gasteiger partial charge in [-0.25, -0.2) is 0 Å². The average Bonchev–Trinajstić information content (AvgIpc) is 3.05. The quantitative estimate of drug-likeness (QED) is 0.765. The third-order valence-electron chi connectivity index (χ3n) is 5.18. The second-order valence-corrected chi connectivity index (χ2v) is 7.53. The number of anilines is 1. The largest absolute Gasteiger partial charge is 0.314 e. The fourth-order valence-corrected chi connectivity index (χ4v) is 3.82. The molecule has 2 aliphatic heterocycles. The van der Waals surface area contributed by atoms with Gasteiger partial charge in [0.2, 0.25) is 5.91 Å². The van der Waals surface area contributed by atoms with E-state index in [1.165, 1.54) is 0 Å². The van der Waals surface area contributed by atoms with Crippen LogP contribution in [0.3, 0.4) is 0 Å². The van der Waals surface area contributed by atoms with Gasteiger partial charge in [0.1, 0.15) is 0 Å². The number of carbonyl (C=O) groups excluding carboxylic acids is 1. The van der Waals surface area contributed by atoms with Crippen LogP contribution in [0, 0.1) is 0 Å². The third-order valence-corrected chi connectivity index (χ3v) is 5.18. The first kappa shape index (κ1) is 18.5. The lowest BCUT2D eigenvalue weighted by atomic mass is 9.96. The fraction of sp³-hybridized carbons (Fsp3) is 0.318. The van der Waals surface area contributed by atoms with Crippen LogP contribution in [-0.2, 0) is 11.3 Å². The predicted molar refractivity (Wildman–Crippen MR) is 113 cm³/mol. The molecular formula is C22H27N5O. The number of fused-ring (bicyclic) bond motifs is 4. The first-order valence-electron chi connectivity index (χ1n) is 9.77. The van der Waals surface area contributed by atoms with Crippen molar-refractivity contribution in [3.8, 4) is 0 Å². The Kier molecular flexibility index (Phi) is 5.07. The summed E-state index contributed by atoms with van der Waals surface area (Å²) in [7, 11) is 1.98. The zero-order valence-corrected chi connectivity index (χ0v) is 16.6. The van der Waals surface area contributed by atoms with E-state index >= 15 is 0 Å². The Morgan fingerprint density at radius 3 is 2.61 bits per heavy atom. The summed E-state index contributed by atoms with van der Waals surface area (Å²) < 4.78 is 0. The van der Waals surface area contributed by atoms with Gasteiger partial charge in [0, 0.05) is 37.2 Å². The fourth-order valence-electron chi connectivity index (χ4n) is 3.82. The van der Waals surface area contributed by atoms with Crippen molar-refractivity contribution in [1.82, 2.24) is 21.3 Å². The van der Waals surface area contributed by atoms with E-state index in [9.17, 15) is 4.79 Å². The number of nitrogens with one attached hydrogen (secondary N) is 3. The maximum Gasteiger partial charge on any atom is 0.228 e. The van der Waals surface area contributed by atoms with Crippen molar-refractivity contribution >= 4 is 23.0 Å². The molecule has 0 spiro atoms. The van der Waals surface area contributed by atoms with E-state index in [1.807, 2.05) is 47.3 Å². The lowest BCUT2D eigenvalue weighted by Gasteiger charge is -2.30. The summed E-state index contributed by atoms with van der Waals surface area (Å²) in [5.41, 5.74) is 12.8. The zero-order valence-electron chi connectivity index (χ0n) is 16.6. The maximum atomic E-state index is 13.2. The van der Waals surface area contributed by atoms with Crippen LogP contribution in [0.2, 0.25) is 0 Å². The van der Waals surface area contributed by atoms with Crippen LogP contribution in [0.4, 0.5) is 5.69 Å². The van der Waals surface area contributed by atoms with Crippen LogP contribution in [0.5, 0.6) is 0 Å². The molecule has 0 aromatic heterocycles. The van der Waals surface area contributed by atoms with Crippen molar-refractivity contribution in [2.24, 2.45) is 0 Å². The molecule has 0 aliphatic carbocycles. The molecule has 3 N–H and O–H groups in total. The van der Waals surface area contributed by atoms with Gasteiger partial charge >= 0.3 is 0 Å². The predicted octanol–water partition coefficient (Wildman–Crippen LogP) is 2.70. The molecule has 0 bridgehead atoms. The topological polar surface area (TPSA) is 59.6 Å². The average molecular weight is 377 g/mol. The first-order chi connectivity index (χ1) is 13.6. The van der Waals surface area contributed by atoms with E-state index in [2.05, 4.69) is 48.3 Å². The molecule has 2 aromatic rings. The Labute approximate surface area is 166 Å².